The van der Waals surface area contributed by atoms with Gasteiger partial charge >= 0.3 is 0 Å². The van der Waals surface area contributed by atoms with Crippen molar-refractivity contribution in [1.82, 2.24) is 0 Å². The van der Waals surface area contributed by atoms with E-state index in [1.54, 1.807) is 0 Å². The second-order valence-electron chi connectivity index (χ2n) is 2.69. The van der Waals surface area contributed by atoms with Crippen molar-refractivity contribution in [3.05, 3.63) is 0 Å². The van der Waals surface area contributed by atoms with Crippen LogP contribution in [-0.2, 0) is 4.79 Å². The van der Waals surface area contributed by atoms with Crippen LogP contribution < -0.4 is 0 Å². The Morgan fingerprint density at radius 2 is 2.50 bits per heavy atom. The lowest BCUT2D eigenvalue weighted by atomic mass is 10.0. The molecule has 0 radical (unpaired) electrons. The normalized spacial score (nSPS) is 24.1. The predicted molar refractivity (Wildman–Crippen MR) is 40.4 cm³/mol. The summed E-state index contributed by atoms with van der Waals surface area (Å²) in [5, 5.41) is 0. The van der Waals surface area contributed by atoms with Gasteiger partial charge in [0.05, 0.1) is 0 Å². The van der Waals surface area contributed by atoms with Gasteiger partial charge in [-0.1, -0.05) is 0 Å². The van der Waals surface area contributed by atoms with Gasteiger partial charge in [0, 0.05) is 18.8 Å². The van der Waals surface area contributed by atoms with Crippen molar-refractivity contribution in [2.24, 2.45) is 5.92 Å². The molecule has 1 aliphatic carbocycles. The van der Waals surface area contributed by atoms with E-state index < -0.39 is 0 Å². The Balaban J connectivity index is 2.38. The summed E-state index contributed by atoms with van der Waals surface area (Å²) in [5.74, 6) is 6.45. The van der Waals surface area contributed by atoms with E-state index in [-0.39, 0.29) is 5.92 Å². The highest BCUT2D eigenvalue weighted by atomic mass is 16.1. The van der Waals surface area contributed by atoms with Crippen molar-refractivity contribution < 1.29 is 4.79 Å². The van der Waals surface area contributed by atoms with Crippen molar-refractivity contribution in [3.63, 3.8) is 0 Å². The monoisotopic (exact) mass is 136 g/mol. The zero-order chi connectivity index (χ0) is 7.40. The Bertz CT molecular complexity index is 183. The summed E-state index contributed by atoms with van der Waals surface area (Å²) in [6.07, 6.45) is 3.72. The molecule has 0 N–H and O–H groups in total. The van der Waals surface area contributed by atoms with Gasteiger partial charge in [0.15, 0.2) is 0 Å². The van der Waals surface area contributed by atoms with E-state index in [0.29, 0.717) is 5.78 Å². The molecule has 54 valence electrons. The first-order chi connectivity index (χ1) is 4.84. The van der Waals surface area contributed by atoms with Crippen LogP contribution in [0.3, 0.4) is 0 Å². The van der Waals surface area contributed by atoms with Crippen molar-refractivity contribution in [2.75, 3.05) is 0 Å². The Morgan fingerprint density at radius 3 is 3.00 bits per heavy atom. The number of rotatable bonds is 1. The molecular weight excluding hydrogens is 124 g/mol. The molecule has 0 amide bonds. The first-order valence-corrected chi connectivity index (χ1v) is 3.77. The molecule has 0 unspecified atom stereocenters. The molecule has 0 saturated heterocycles. The lowest BCUT2D eigenvalue weighted by molar-refractivity contribution is -0.120. The maximum absolute atomic E-state index is 11.0. The Labute approximate surface area is 61.8 Å². The summed E-state index contributed by atoms with van der Waals surface area (Å²) >= 11 is 0. The fourth-order valence-electron chi connectivity index (χ4n) is 1.33. The Hall–Kier alpha value is -0.770. The van der Waals surface area contributed by atoms with Crippen molar-refractivity contribution in [1.29, 1.82) is 0 Å². The number of hydrogen-bond donors (Lipinski definition) is 0. The second kappa shape index (κ2) is 3.41. The van der Waals surface area contributed by atoms with Gasteiger partial charge in [-0.2, -0.15) is 0 Å². The van der Waals surface area contributed by atoms with E-state index >= 15 is 0 Å². The summed E-state index contributed by atoms with van der Waals surface area (Å²) < 4.78 is 0. The summed E-state index contributed by atoms with van der Waals surface area (Å²) in [7, 11) is 0. The molecule has 0 aliphatic heterocycles. The predicted octanol–water partition coefficient (Wildman–Crippen LogP) is 1.77. The Kier molecular flexibility index (Phi) is 2.50. The summed E-state index contributed by atoms with van der Waals surface area (Å²) in [5.41, 5.74) is 0. The summed E-state index contributed by atoms with van der Waals surface area (Å²) in [6, 6.07) is 0. The van der Waals surface area contributed by atoms with Crippen molar-refractivity contribution in [3.8, 4) is 11.8 Å². The van der Waals surface area contributed by atoms with E-state index in [2.05, 4.69) is 11.8 Å². The molecule has 0 aromatic carbocycles. The van der Waals surface area contributed by atoms with E-state index in [1.165, 1.54) is 0 Å². The third kappa shape index (κ3) is 1.60. The van der Waals surface area contributed by atoms with Gasteiger partial charge in [0.25, 0.3) is 0 Å². The van der Waals surface area contributed by atoms with Gasteiger partial charge in [-0.3, -0.25) is 4.79 Å². The van der Waals surface area contributed by atoms with E-state index in [9.17, 15) is 4.79 Å². The van der Waals surface area contributed by atoms with Gasteiger partial charge < -0.3 is 0 Å². The first kappa shape index (κ1) is 7.34. The van der Waals surface area contributed by atoms with Crippen LogP contribution in [0.25, 0.3) is 0 Å². The third-order valence-electron chi connectivity index (χ3n) is 1.96. The highest BCUT2D eigenvalue weighted by Crippen LogP contribution is 2.23. The zero-order valence-electron chi connectivity index (χ0n) is 6.31. The van der Waals surface area contributed by atoms with Gasteiger partial charge in [-0.05, 0) is 19.8 Å². The number of ketones is 1. The molecule has 1 atom stereocenters. The first-order valence-electron chi connectivity index (χ1n) is 3.77. The minimum Gasteiger partial charge on any atom is -0.299 e. The molecule has 10 heavy (non-hydrogen) atoms. The SMILES string of the molecule is CC#CC[C@@H]1CCCC1=O. The van der Waals surface area contributed by atoms with Gasteiger partial charge in [0.1, 0.15) is 5.78 Å². The fraction of sp³-hybridized carbons (Fsp3) is 0.667. The minimum absolute atomic E-state index is 0.271. The van der Waals surface area contributed by atoms with Crippen LogP contribution >= 0.6 is 0 Å². The molecule has 0 bridgehead atoms. The summed E-state index contributed by atoms with van der Waals surface area (Å²) in [6.45, 7) is 1.82. The van der Waals surface area contributed by atoms with Gasteiger partial charge in [-0.25, -0.2) is 0 Å². The lowest BCUT2D eigenvalue weighted by Crippen LogP contribution is -2.04. The number of hydrogen-bond acceptors (Lipinski definition) is 1. The average molecular weight is 136 g/mol. The molecule has 1 saturated carbocycles. The van der Waals surface area contributed by atoms with E-state index in [4.69, 9.17) is 0 Å². The van der Waals surface area contributed by atoms with Crippen LogP contribution in [0.1, 0.15) is 32.6 Å². The molecule has 0 aromatic rings. The van der Waals surface area contributed by atoms with Crippen LogP contribution in [0, 0.1) is 17.8 Å². The smallest absolute Gasteiger partial charge is 0.136 e. The van der Waals surface area contributed by atoms with Gasteiger partial charge in [0.2, 0.25) is 0 Å². The molecular formula is C9H12O. The quantitative estimate of drug-likeness (QED) is 0.502. The average Bonchev–Trinajstić information content (AvgIpc) is 2.31. The molecule has 1 aliphatic rings. The minimum atomic E-state index is 0.271. The van der Waals surface area contributed by atoms with Crippen LogP contribution in [0.15, 0.2) is 0 Å². The number of carbonyl (C=O) groups excluding carboxylic acids is 1. The maximum Gasteiger partial charge on any atom is 0.136 e. The molecule has 1 fully saturated rings. The molecule has 1 rings (SSSR count). The molecule has 0 spiro atoms. The topological polar surface area (TPSA) is 17.1 Å². The fourth-order valence-corrected chi connectivity index (χ4v) is 1.33. The number of carbonyl (C=O) groups is 1. The van der Waals surface area contributed by atoms with Crippen LogP contribution in [0.5, 0.6) is 0 Å². The van der Waals surface area contributed by atoms with Gasteiger partial charge in [-0.15, -0.1) is 11.8 Å². The largest absolute Gasteiger partial charge is 0.299 e. The molecule has 1 heteroatoms. The van der Waals surface area contributed by atoms with Crippen LogP contribution in [0.2, 0.25) is 0 Å². The molecule has 1 nitrogen and oxygen atoms in total. The van der Waals surface area contributed by atoms with Crippen molar-refractivity contribution in [2.45, 2.75) is 32.6 Å². The standard InChI is InChI=1S/C9H12O/c1-2-3-5-8-6-4-7-9(8)10/h8H,4-7H2,1H3/t8-/m1/s1. The maximum atomic E-state index is 11.0. The van der Waals surface area contributed by atoms with Crippen molar-refractivity contribution >= 4 is 5.78 Å². The highest BCUT2D eigenvalue weighted by Gasteiger charge is 2.22. The van der Waals surface area contributed by atoms with E-state index in [0.717, 1.165) is 25.7 Å². The van der Waals surface area contributed by atoms with E-state index in [1.807, 2.05) is 6.92 Å². The number of Topliss-reactive ketones (excluding diaryl/α,β-unsaturated/α-hetero) is 1. The summed E-state index contributed by atoms with van der Waals surface area (Å²) in [4.78, 5) is 11.0. The lowest BCUT2D eigenvalue weighted by Gasteiger charge is -1.98. The second-order valence-corrected chi connectivity index (χ2v) is 2.69. The molecule has 0 heterocycles. The third-order valence-corrected chi connectivity index (χ3v) is 1.96. The molecule has 0 aromatic heterocycles. The highest BCUT2D eigenvalue weighted by molar-refractivity contribution is 5.83. The van der Waals surface area contributed by atoms with Crippen LogP contribution in [-0.4, -0.2) is 5.78 Å². The zero-order valence-corrected chi connectivity index (χ0v) is 6.31. The van der Waals surface area contributed by atoms with Crippen LogP contribution in [0.4, 0.5) is 0 Å². The Morgan fingerprint density at radius 1 is 1.70 bits per heavy atom.